The van der Waals surface area contributed by atoms with Gasteiger partial charge in [-0.1, -0.05) is 30.1 Å². The lowest BCUT2D eigenvalue weighted by molar-refractivity contribution is -0.117. The summed E-state index contributed by atoms with van der Waals surface area (Å²) in [7, 11) is 0. The number of carbonyl (C=O) groups excluding carboxylic acids is 2. The molecular formula is C22H30O2S. The van der Waals surface area contributed by atoms with Crippen LogP contribution in [0.1, 0.15) is 64.6 Å². The molecule has 1 heterocycles. The van der Waals surface area contributed by atoms with Crippen molar-refractivity contribution in [2.24, 2.45) is 0 Å². The van der Waals surface area contributed by atoms with Crippen molar-refractivity contribution in [1.82, 2.24) is 0 Å². The Hall–Kier alpha value is -1.74. The van der Waals surface area contributed by atoms with Gasteiger partial charge < -0.3 is 0 Å². The number of ketones is 2. The van der Waals surface area contributed by atoms with Crippen LogP contribution >= 0.6 is 11.3 Å². The second-order valence-corrected chi connectivity index (χ2v) is 8.24. The van der Waals surface area contributed by atoms with E-state index < -0.39 is 0 Å². The van der Waals surface area contributed by atoms with Crippen LogP contribution in [0.2, 0.25) is 0 Å². The standard InChI is InChI=1S/C22H30O2S/c1-8-9-18-10-11-19(25-18)13-16(6)17(7)22(24)21(15(4)5)20(23)12-14(2)3/h10-12H,8-9,13H2,1-7H3. The van der Waals surface area contributed by atoms with Crippen LogP contribution in [0.4, 0.5) is 0 Å². The Balaban J connectivity index is 3.07. The summed E-state index contributed by atoms with van der Waals surface area (Å²) in [6.07, 6.45) is 4.55. The summed E-state index contributed by atoms with van der Waals surface area (Å²) in [6, 6.07) is 4.32. The van der Waals surface area contributed by atoms with Crippen molar-refractivity contribution < 1.29 is 9.59 Å². The van der Waals surface area contributed by atoms with Crippen LogP contribution in [0.15, 0.2) is 46.1 Å². The molecule has 1 aromatic rings. The largest absolute Gasteiger partial charge is 0.289 e. The summed E-state index contributed by atoms with van der Waals surface area (Å²) in [5.74, 6) is -0.344. The van der Waals surface area contributed by atoms with E-state index in [2.05, 4.69) is 19.1 Å². The zero-order valence-corrected chi connectivity index (χ0v) is 17.4. The fourth-order valence-corrected chi connectivity index (χ4v) is 3.80. The summed E-state index contributed by atoms with van der Waals surface area (Å²) in [4.78, 5) is 28.0. The van der Waals surface area contributed by atoms with Crippen molar-refractivity contribution in [3.05, 3.63) is 55.8 Å². The first-order valence-corrected chi connectivity index (χ1v) is 9.64. The van der Waals surface area contributed by atoms with E-state index in [0.29, 0.717) is 11.1 Å². The lowest BCUT2D eigenvalue weighted by Crippen LogP contribution is -2.15. The summed E-state index contributed by atoms with van der Waals surface area (Å²) in [6.45, 7) is 13.4. The van der Waals surface area contributed by atoms with Gasteiger partial charge in [-0.3, -0.25) is 9.59 Å². The lowest BCUT2D eigenvalue weighted by atomic mass is 9.92. The minimum Gasteiger partial charge on any atom is -0.289 e. The molecule has 1 rings (SSSR count). The van der Waals surface area contributed by atoms with Gasteiger partial charge in [0.2, 0.25) is 0 Å². The third kappa shape index (κ3) is 6.24. The molecule has 3 heteroatoms. The number of carbonyl (C=O) groups is 2. The highest BCUT2D eigenvalue weighted by Crippen LogP contribution is 2.24. The molecule has 0 amide bonds. The molecule has 0 N–H and O–H groups in total. The van der Waals surface area contributed by atoms with Crippen molar-refractivity contribution >= 4 is 22.9 Å². The molecule has 0 aliphatic carbocycles. The van der Waals surface area contributed by atoms with Crippen LogP contribution in [-0.2, 0) is 22.4 Å². The van der Waals surface area contributed by atoms with Crippen LogP contribution in [-0.4, -0.2) is 11.6 Å². The molecule has 0 saturated carbocycles. The Morgan fingerprint density at radius 2 is 1.60 bits per heavy atom. The van der Waals surface area contributed by atoms with Crippen molar-refractivity contribution in [2.75, 3.05) is 0 Å². The molecule has 0 saturated heterocycles. The first-order valence-electron chi connectivity index (χ1n) is 8.82. The van der Waals surface area contributed by atoms with Crippen LogP contribution in [0, 0.1) is 0 Å². The van der Waals surface area contributed by atoms with Gasteiger partial charge in [-0.05, 0) is 71.7 Å². The molecule has 0 atom stereocenters. The third-order valence-electron chi connectivity index (χ3n) is 4.03. The van der Waals surface area contributed by atoms with E-state index in [9.17, 15) is 9.59 Å². The van der Waals surface area contributed by atoms with Crippen LogP contribution < -0.4 is 0 Å². The Kier molecular flexibility index (Phi) is 8.24. The molecule has 0 unspecified atom stereocenters. The number of thiophene rings is 1. The fourth-order valence-electron chi connectivity index (χ4n) is 2.59. The number of hydrogen-bond acceptors (Lipinski definition) is 3. The normalized spacial score (nSPS) is 11.6. The maximum absolute atomic E-state index is 12.9. The maximum Gasteiger partial charge on any atom is 0.192 e. The van der Waals surface area contributed by atoms with Crippen molar-refractivity contribution in [1.29, 1.82) is 0 Å². The fraction of sp³-hybridized carbons (Fsp3) is 0.455. The SMILES string of the molecule is CCCc1ccc(CC(C)=C(C)C(=O)C(C(=O)C=C(C)C)=C(C)C)s1. The Morgan fingerprint density at radius 3 is 2.12 bits per heavy atom. The van der Waals surface area contributed by atoms with Gasteiger partial charge in [0.25, 0.3) is 0 Å². The average molecular weight is 359 g/mol. The minimum atomic E-state index is -0.196. The van der Waals surface area contributed by atoms with Crippen LogP contribution in [0.25, 0.3) is 0 Å². The minimum absolute atomic E-state index is 0.148. The highest BCUT2D eigenvalue weighted by molar-refractivity contribution is 7.12. The number of hydrogen-bond donors (Lipinski definition) is 0. The molecule has 0 radical (unpaired) electrons. The summed E-state index contributed by atoms with van der Waals surface area (Å²) >= 11 is 1.81. The van der Waals surface area contributed by atoms with E-state index in [0.717, 1.165) is 36.0 Å². The summed E-state index contributed by atoms with van der Waals surface area (Å²) < 4.78 is 0. The Morgan fingerprint density at radius 1 is 1.00 bits per heavy atom. The molecule has 2 nitrogen and oxygen atoms in total. The maximum atomic E-state index is 12.9. The highest BCUT2D eigenvalue weighted by Gasteiger charge is 2.21. The molecule has 1 aromatic heterocycles. The van der Waals surface area contributed by atoms with E-state index in [1.54, 1.807) is 6.08 Å². The molecular weight excluding hydrogens is 328 g/mol. The molecule has 0 aromatic carbocycles. The first kappa shape index (κ1) is 21.3. The molecule has 25 heavy (non-hydrogen) atoms. The van der Waals surface area contributed by atoms with Gasteiger partial charge in [0.1, 0.15) is 0 Å². The Bertz CT molecular complexity index is 734. The first-order chi connectivity index (χ1) is 11.7. The predicted octanol–water partition coefficient (Wildman–Crippen LogP) is 6.02. The topological polar surface area (TPSA) is 34.1 Å². The highest BCUT2D eigenvalue weighted by atomic mass is 32.1. The predicted molar refractivity (Wildman–Crippen MR) is 108 cm³/mol. The van der Waals surface area contributed by atoms with E-state index in [4.69, 9.17) is 0 Å². The van der Waals surface area contributed by atoms with E-state index >= 15 is 0 Å². The van der Waals surface area contributed by atoms with Gasteiger partial charge in [-0.25, -0.2) is 0 Å². The third-order valence-corrected chi connectivity index (χ3v) is 5.17. The second-order valence-electron chi connectivity index (χ2n) is 6.99. The Labute approximate surface area is 156 Å². The van der Waals surface area contributed by atoms with Crippen molar-refractivity contribution in [3.8, 4) is 0 Å². The van der Waals surface area contributed by atoms with E-state index in [-0.39, 0.29) is 11.6 Å². The van der Waals surface area contributed by atoms with Gasteiger partial charge >= 0.3 is 0 Å². The van der Waals surface area contributed by atoms with E-state index in [1.807, 2.05) is 52.9 Å². The molecule has 0 fully saturated rings. The molecule has 136 valence electrons. The molecule has 0 aliphatic heterocycles. The monoisotopic (exact) mass is 358 g/mol. The zero-order valence-electron chi connectivity index (χ0n) is 16.6. The van der Waals surface area contributed by atoms with Crippen molar-refractivity contribution in [2.45, 2.75) is 67.7 Å². The average Bonchev–Trinajstić information content (AvgIpc) is 2.92. The van der Waals surface area contributed by atoms with Crippen molar-refractivity contribution in [3.63, 3.8) is 0 Å². The summed E-state index contributed by atoms with van der Waals surface area (Å²) in [5, 5.41) is 0. The van der Waals surface area contributed by atoms with Gasteiger partial charge in [0.05, 0.1) is 5.57 Å². The summed E-state index contributed by atoms with van der Waals surface area (Å²) in [5.41, 5.74) is 3.67. The van der Waals surface area contributed by atoms with E-state index in [1.165, 1.54) is 9.75 Å². The van der Waals surface area contributed by atoms with Gasteiger partial charge in [-0.15, -0.1) is 11.3 Å². The van der Waals surface area contributed by atoms with Crippen LogP contribution in [0.3, 0.4) is 0 Å². The van der Waals surface area contributed by atoms with Gasteiger partial charge in [-0.2, -0.15) is 0 Å². The zero-order chi connectivity index (χ0) is 19.1. The quantitative estimate of drug-likeness (QED) is 0.323. The second kappa shape index (κ2) is 9.67. The number of Topliss-reactive ketones (excluding diaryl/α,β-unsaturated/α-hetero) is 1. The van der Waals surface area contributed by atoms with Gasteiger partial charge in [0.15, 0.2) is 11.6 Å². The molecule has 0 aliphatic rings. The number of allylic oxidation sites excluding steroid dienone is 6. The number of aryl methyl sites for hydroxylation is 1. The molecule has 0 bridgehead atoms. The smallest absolute Gasteiger partial charge is 0.192 e. The van der Waals surface area contributed by atoms with Crippen LogP contribution in [0.5, 0.6) is 0 Å². The number of rotatable bonds is 8. The molecule has 0 spiro atoms. The lowest BCUT2D eigenvalue weighted by Gasteiger charge is -2.10. The van der Waals surface area contributed by atoms with Gasteiger partial charge in [0, 0.05) is 16.2 Å².